The monoisotopic (exact) mass is 237 g/mol. The third-order valence-electron chi connectivity index (χ3n) is 2.24. The summed E-state index contributed by atoms with van der Waals surface area (Å²) >= 11 is 0. The van der Waals surface area contributed by atoms with Gasteiger partial charge in [0.2, 0.25) is 0 Å². The number of nitrogens with zero attached hydrogens (tertiary/aromatic N) is 1. The maximum Gasteiger partial charge on any atom is 0.337 e. The second kappa shape index (κ2) is 5.20. The van der Waals surface area contributed by atoms with Crippen molar-refractivity contribution < 1.29 is 14.7 Å². The minimum atomic E-state index is -1.00. The number of nitrogens with one attached hydrogen (secondary N) is 1. The van der Waals surface area contributed by atoms with E-state index in [1.807, 2.05) is 0 Å². The number of carbonyl (C=O) groups excluding carboxylic acids is 1. The smallest absolute Gasteiger partial charge is 0.337 e. The average Bonchev–Trinajstić information content (AvgIpc) is 2.25. The van der Waals surface area contributed by atoms with E-state index in [4.69, 9.17) is 10.8 Å². The molecule has 0 saturated carbocycles. The number of nitrogens with two attached hydrogens (primary N) is 1. The van der Waals surface area contributed by atoms with E-state index in [2.05, 4.69) is 5.32 Å². The molecule has 0 unspecified atom stereocenters. The summed E-state index contributed by atoms with van der Waals surface area (Å²) in [7, 11) is 3.53. The first-order chi connectivity index (χ1) is 7.91. The summed E-state index contributed by atoms with van der Waals surface area (Å²) in [6, 6.07) is 4.32. The first kappa shape index (κ1) is 12.8. The predicted octanol–water partition coefficient (Wildman–Crippen LogP) is 0.619. The first-order valence-corrected chi connectivity index (χ1v) is 4.98. The summed E-state index contributed by atoms with van der Waals surface area (Å²) in [6.45, 7) is 0.212. The van der Waals surface area contributed by atoms with E-state index in [0.29, 0.717) is 11.3 Å². The third kappa shape index (κ3) is 3.37. The highest BCUT2D eigenvalue weighted by Gasteiger charge is 2.12. The number of rotatable bonds is 4. The Bertz CT molecular complexity index is 444. The number of amides is 2. The lowest BCUT2D eigenvalue weighted by atomic mass is 10.1. The van der Waals surface area contributed by atoms with Crippen LogP contribution in [0.3, 0.4) is 0 Å². The van der Waals surface area contributed by atoms with Crippen LogP contribution in [-0.2, 0) is 6.54 Å². The van der Waals surface area contributed by atoms with E-state index in [-0.39, 0.29) is 12.1 Å². The molecule has 0 spiro atoms. The molecule has 0 heterocycles. The maximum atomic E-state index is 11.1. The molecule has 0 bridgehead atoms. The molecule has 0 aromatic heterocycles. The number of urea groups is 1. The van der Waals surface area contributed by atoms with E-state index in [0.717, 1.165) is 0 Å². The van der Waals surface area contributed by atoms with Crippen molar-refractivity contribution in [2.75, 3.05) is 19.0 Å². The predicted molar refractivity (Wildman–Crippen MR) is 64.2 cm³/mol. The van der Waals surface area contributed by atoms with Crippen molar-refractivity contribution in [3.05, 3.63) is 29.3 Å². The van der Waals surface area contributed by atoms with Crippen LogP contribution in [0.15, 0.2) is 18.2 Å². The molecule has 0 aliphatic heterocycles. The van der Waals surface area contributed by atoms with Crippen molar-refractivity contribution in [1.29, 1.82) is 0 Å². The largest absolute Gasteiger partial charge is 0.478 e. The fourth-order valence-corrected chi connectivity index (χ4v) is 1.44. The zero-order valence-corrected chi connectivity index (χ0v) is 9.73. The van der Waals surface area contributed by atoms with Gasteiger partial charge in [0.1, 0.15) is 0 Å². The van der Waals surface area contributed by atoms with Gasteiger partial charge in [0.05, 0.1) is 11.3 Å². The Hall–Kier alpha value is -2.24. The summed E-state index contributed by atoms with van der Waals surface area (Å²) in [6.07, 6.45) is 0. The van der Waals surface area contributed by atoms with E-state index in [9.17, 15) is 9.59 Å². The number of benzene rings is 1. The van der Waals surface area contributed by atoms with Gasteiger partial charge in [-0.15, -0.1) is 0 Å². The Morgan fingerprint density at radius 1 is 1.41 bits per heavy atom. The molecule has 1 aromatic carbocycles. The van der Waals surface area contributed by atoms with Crippen LogP contribution in [0.25, 0.3) is 0 Å². The van der Waals surface area contributed by atoms with Crippen molar-refractivity contribution in [3.8, 4) is 0 Å². The van der Waals surface area contributed by atoms with Gasteiger partial charge >= 0.3 is 12.0 Å². The molecule has 92 valence electrons. The molecule has 17 heavy (non-hydrogen) atoms. The molecule has 4 N–H and O–H groups in total. The van der Waals surface area contributed by atoms with Crippen molar-refractivity contribution in [3.63, 3.8) is 0 Å². The molecule has 0 atom stereocenters. The fraction of sp³-hybridized carbons (Fsp3) is 0.273. The normalized spacial score (nSPS) is 9.76. The number of carboxylic acids is 1. The Morgan fingerprint density at radius 2 is 2.06 bits per heavy atom. The van der Waals surface area contributed by atoms with Gasteiger partial charge in [-0.1, -0.05) is 6.07 Å². The van der Waals surface area contributed by atoms with Crippen LogP contribution >= 0.6 is 0 Å². The lowest BCUT2D eigenvalue weighted by Crippen LogP contribution is -2.28. The van der Waals surface area contributed by atoms with Crippen molar-refractivity contribution in [1.82, 2.24) is 5.32 Å². The zero-order chi connectivity index (χ0) is 13.0. The van der Waals surface area contributed by atoms with Crippen LogP contribution in [0.5, 0.6) is 0 Å². The highest BCUT2D eigenvalue weighted by atomic mass is 16.4. The molecule has 0 radical (unpaired) electrons. The Labute approximate surface area is 99.0 Å². The quantitative estimate of drug-likeness (QED) is 0.715. The van der Waals surface area contributed by atoms with Gasteiger partial charge in [-0.25, -0.2) is 9.59 Å². The molecule has 0 aliphatic carbocycles. The van der Waals surface area contributed by atoms with Crippen LogP contribution in [0, 0.1) is 0 Å². The van der Waals surface area contributed by atoms with Crippen molar-refractivity contribution in [2.45, 2.75) is 6.54 Å². The van der Waals surface area contributed by atoms with Crippen LogP contribution < -0.4 is 16.0 Å². The standard InChI is InChI=1S/C11H15N3O3/c1-14(2)9-4-3-7(6-13-11(12)17)5-8(9)10(15)16/h3-5H,6H2,1-2H3,(H,15,16)(H3,12,13,17). The first-order valence-electron chi connectivity index (χ1n) is 4.98. The molecule has 1 aromatic rings. The van der Waals surface area contributed by atoms with Gasteiger partial charge in [-0.2, -0.15) is 0 Å². The van der Waals surface area contributed by atoms with Crippen LogP contribution in [-0.4, -0.2) is 31.2 Å². The molecular weight excluding hydrogens is 222 g/mol. The molecule has 2 amide bonds. The van der Waals surface area contributed by atoms with Gasteiger partial charge < -0.3 is 21.1 Å². The van der Waals surface area contributed by atoms with E-state index < -0.39 is 12.0 Å². The van der Waals surface area contributed by atoms with E-state index >= 15 is 0 Å². The zero-order valence-electron chi connectivity index (χ0n) is 9.73. The van der Waals surface area contributed by atoms with Crippen molar-refractivity contribution >= 4 is 17.7 Å². The van der Waals surface area contributed by atoms with Crippen LogP contribution in [0.1, 0.15) is 15.9 Å². The van der Waals surface area contributed by atoms with Gasteiger partial charge in [0, 0.05) is 20.6 Å². The molecule has 6 nitrogen and oxygen atoms in total. The average molecular weight is 237 g/mol. The van der Waals surface area contributed by atoms with E-state index in [1.54, 1.807) is 31.1 Å². The summed E-state index contributed by atoms with van der Waals surface area (Å²) in [5, 5.41) is 11.5. The second-order valence-corrected chi connectivity index (χ2v) is 3.77. The molecule has 0 saturated heterocycles. The Morgan fingerprint density at radius 3 is 2.53 bits per heavy atom. The summed E-state index contributed by atoms with van der Waals surface area (Å²) < 4.78 is 0. The highest BCUT2D eigenvalue weighted by Crippen LogP contribution is 2.20. The lowest BCUT2D eigenvalue weighted by molar-refractivity contribution is 0.0697. The van der Waals surface area contributed by atoms with Gasteiger partial charge in [-0.05, 0) is 17.7 Å². The number of carbonyl (C=O) groups is 2. The van der Waals surface area contributed by atoms with Crippen LogP contribution in [0.2, 0.25) is 0 Å². The second-order valence-electron chi connectivity index (χ2n) is 3.77. The summed E-state index contributed by atoms with van der Waals surface area (Å²) in [5.41, 5.74) is 6.43. The number of anilines is 1. The number of primary amides is 1. The number of hydrogen-bond acceptors (Lipinski definition) is 3. The van der Waals surface area contributed by atoms with Crippen molar-refractivity contribution in [2.24, 2.45) is 5.73 Å². The summed E-state index contributed by atoms with van der Waals surface area (Å²) in [4.78, 5) is 23.3. The topological polar surface area (TPSA) is 95.7 Å². The fourth-order valence-electron chi connectivity index (χ4n) is 1.44. The molecule has 6 heteroatoms. The number of carboxylic acid groups (broad SMARTS) is 1. The molecule has 0 aliphatic rings. The molecule has 0 fully saturated rings. The SMILES string of the molecule is CN(C)c1ccc(CNC(N)=O)cc1C(=O)O. The maximum absolute atomic E-state index is 11.1. The minimum Gasteiger partial charge on any atom is -0.478 e. The highest BCUT2D eigenvalue weighted by molar-refractivity contribution is 5.94. The number of hydrogen-bond donors (Lipinski definition) is 3. The Balaban J connectivity index is 3.01. The third-order valence-corrected chi connectivity index (χ3v) is 2.24. The summed E-state index contributed by atoms with van der Waals surface area (Å²) in [5.74, 6) is -1.00. The van der Waals surface area contributed by atoms with Gasteiger partial charge in [0.15, 0.2) is 0 Å². The van der Waals surface area contributed by atoms with Gasteiger partial charge in [0.25, 0.3) is 0 Å². The van der Waals surface area contributed by atoms with E-state index in [1.165, 1.54) is 6.07 Å². The molecule has 1 rings (SSSR count). The van der Waals surface area contributed by atoms with Gasteiger partial charge in [-0.3, -0.25) is 0 Å². The molecular formula is C11H15N3O3. The minimum absolute atomic E-state index is 0.193. The lowest BCUT2D eigenvalue weighted by Gasteiger charge is -2.16. The number of aromatic carboxylic acids is 1. The Kier molecular flexibility index (Phi) is 3.92. The van der Waals surface area contributed by atoms with Crippen LogP contribution in [0.4, 0.5) is 10.5 Å².